The number of carboxylic acid groups (broad SMARTS) is 1. The monoisotopic (exact) mass is 545 g/mol. The summed E-state index contributed by atoms with van der Waals surface area (Å²) in [5.41, 5.74) is 1.15. The number of ether oxygens (including phenoxy) is 2. The first-order chi connectivity index (χ1) is 14.7. The quantitative estimate of drug-likeness (QED) is 0.460. The first kappa shape index (κ1) is 23.5. The number of imide groups is 1. The van der Waals surface area contributed by atoms with Crippen molar-refractivity contribution in [3.8, 4) is 11.5 Å². The lowest BCUT2D eigenvalue weighted by Crippen LogP contribution is -2.27. The highest BCUT2D eigenvalue weighted by Crippen LogP contribution is 2.39. The summed E-state index contributed by atoms with van der Waals surface area (Å²) in [5.74, 6) is -1.10. The minimum atomic E-state index is -1.13. The van der Waals surface area contributed by atoms with Crippen molar-refractivity contribution in [1.29, 1.82) is 0 Å². The van der Waals surface area contributed by atoms with Crippen LogP contribution in [0.2, 0.25) is 10.0 Å². The van der Waals surface area contributed by atoms with E-state index in [2.05, 4.69) is 15.9 Å². The molecule has 11 heteroatoms. The second-order valence-electron chi connectivity index (χ2n) is 6.22. The lowest BCUT2D eigenvalue weighted by molar-refractivity contribution is -0.139. The summed E-state index contributed by atoms with van der Waals surface area (Å²) >= 11 is 16.2. The van der Waals surface area contributed by atoms with Crippen LogP contribution in [0.4, 0.5) is 4.79 Å². The predicted octanol–water partition coefficient (Wildman–Crippen LogP) is 5.46. The van der Waals surface area contributed by atoms with Gasteiger partial charge in [-0.2, -0.15) is 0 Å². The molecule has 1 aliphatic heterocycles. The minimum Gasteiger partial charge on any atom is -0.493 e. The van der Waals surface area contributed by atoms with Crippen LogP contribution in [-0.4, -0.2) is 40.8 Å². The zero-order valence-corrected chi connectivity index (χ0v) is 19.8. The van der Waals surface area contributed by atoms with Gasteiger partial charge in [-0.05, 0) is 69.2 Å². The van der Waals surface area contributed by atoms with Crippen LogP contribution in [0.3, 0.4) is 0 Å². The molecule has 1 heterocycles. The van der Waals surface area contributed by atoms with Gasteiger partial charge in [-0.1, -0.05) is 29.3 Å². The van der Waals surface area contributed by atoms with Crippen LogP contribution < -0.4 is 9.47 Å². The van der Waals surface area contributed by atoms with E-state index in [1.807, 2.05) is 0 Å². The number of hydrogen-bond donors (Lipinski definition) is 1. The lowest BCUT2D eigenvalue weighted by Gasteiger charge is -2.14. The number of benzene rings is 2. The standard InChI is InChI=1S/C20H14BrCl2NO6S/c1-29-15-5-10(4-13(21)18(15)30-9-17(25)26)6-16-19(27)24(20(28)31-16)8-11-2-3-12(22)7-14(11)23/h2-7H,8-9H2,1H3,(H,25,26)/b16-6-. The molecule has 0 unspecified atom stereocenters. The van der Waals surface area contributed by atoms with Gasteiger partial charge < -0.3 is 14.6 Å². The number of carbonyl (C=O) groups excluding carboxylic acids is 2. The molecular weight excluding hydrogens is 533 g/mol. The fraction of sp³-hybridized carbons (Fsp3) is 0.150. The molecule has 1 N–H and O–H groups in total. The van der Waals surface area contributed by atoms with Gasteiger partial charge in [0.15, 0.2) is 18.1 Å². The number of carbonyl (C=O) groups is 3. The van der Waals surface area contributed by atoms with E-state index in [4.69, 9.17) is 37.8 Å². The maximum absolute atomic E-state index is 12.8. The Kier molecular flexibility index (Phi) is 7.53. The molecule has 1 saturated heterocycles. The Hall–Kier alpha value is -2.20. The maximum Gasteiger partial charge on any atom is 0.341 e. The van der Waals surface area contributed by atoms with Crippen LogP contribution in [0.15, 0.2) is 39.7 Å². The van der Waals surface area contributed by atoms with Crippen LogP contribution in [0.25, 0.3) is 6.08 Å². The number of nitrogens with zero attached hydrogens (tertiary/aromatic N) is 1. The van der Waals surface area contributed by atoms with Crippen LogP contribution in [0.5, 0.6) is 11.5 Å². The molecular formula is C20H14BrCl2NO6S. The molecule has 2 aromatic rings. The van der Waals surface area contributed by atoms with E-state index in [0.717, 1.165) is 16.7 Å². The third kappa shape index (κ3) is 5.54. The van der Waals surface area contributed by atoms with Crippen LogP contribution in [0, 0.1) is 0 Å². The van der Waals surface area contributed by atoms with Gasteiger partial charge >= 0.3 is 5.97 Å². The molecule has 1 aliphatic rings. The third-order valence-electron chi connectivity index (χ3n) is 4.11. The molecule has 0 saturated carbocycles. The van der Waals surface area contributed by atoms with E-state index in [9.17, 15) is 14.4 Å². The molecule has 0 aromatic heterocycles. The Morgan fingerprint density at radius 2 is 2.00 bits per heavy atom. The van der Waals surface area contributed by atoms with Gasteiger partial charge in [0.2, 0.25) is 0 Å². The summed E-state index contributed by atoms with van der Waals surface area (Å²) in [6, 6.07) is 8.05. The van der Waals surface area contributed by atoms with Gasteiger partial charge in [0.1, 0.15) is 0 Å². The maximum atomic E-state index is 12.8. The van der Waals surface area contributed by atoms with Gasteiger partial charge in [0.25, 0.3) is 11.1 Å². The van der Waals surface area contributed by atoms with Gasteiger partial charge in [-0.25, -0.2) is 4.79 Å². The van der Waals surface area contributed by atoms with Crippen molar-refractivity contribution in [2.24, 2.45) is 0 Å². The highest BCUT2D eigenvalue weighted by molar-refractivity contribution is 9.10. The summed E-state index contributed by atoms with van der Waals surface area (Å²) < 4.78 is 10.9. The van der Waals surface area contributed by atoms with E-state index in [1.54, 1.807) is 36.4 Å². The molecule has 3 rings (SSSR count). The normalized spacial score (nSPS) is 15.0. The van der Waals surface area contributed by atoms with Crippen molar-refractivity contribution < 1.29 is 29.0 Å². The molecule has 0 spiro atoms. The molecule has 2 amide bonds. The van der Waals surface area contributed by atoms with Crippen molar-refractivity contribution in [1.82, 2.24) is 4.90 Å². The van der Waals surface area contributed by atoms with Gasteiger partial charge in [0.05, 0.1) is 23.0 Å². The summed E-state index contributed by atoms with van der Waals surface area (Å²) in [4.78, 5) is 37.3. The molecule has 0 aliphatic carbocycles. The summed E-state index contributed by atoms with van der Waals surface area (Å²) in [7, 11) is 1.41. The van der Waals surface area contributed by atoms with Crippen LogP contribution in [-0.2, 0) is 16.1 Å². The Bertz CT molecular complexity index is 1110. The second kappa shape index (κ2) is 9.95. The molecule has 31 heavy (non-hydrogen) atoms. The number of carboxylic acids is 1. The van der Waals surface area contributed by atoms with Crippen molar-refractivity contribution in [2.45, 2.75) is 6.54 Å². The number of rotatable bonds is 7. The number of hydrogen-bond acceptors (Lipinski definition) is 6. The predicted molar refractivity (Wildman–Crippen MR) is 122 cm³/mol. The first-order valence-electron chi connectivity index (χ1n) is 8.61. The highest BCUT2D eigenvalue weighted by atomic mass is 79.9. The number of amides is 2. The number of methoxy groups -OCH3 is 1. The SMILES string of the molecule is COc1cc(/C=C2\SC(=O)N(Cc3ccc(Cl)cc3Cl)C2=O)cc(Br)c1OCC(=O)O. The van der Waals surface area contributed by atoms with E-state index in [-0.39, 0.29) is 22.9 Å². The highest BCUT2D eigenvalue weighted by Gasteiger charge is 2.35. The second-order valence-corrected chi connectivity index (χ2v) is 8.91. The molecule has 7 nitrogen and oxygen atoms in total. The van der Waals surface area contributed by atoms with E-state index >= 15 is 0 Å². The molecule has 162 valence electrons. The molecule has 0 bridgehead atoms. The number of halogens is 3. The molecule has 2 aromatic carbocycles. The van der Waals surface area contributed by atoms with E-state index in [1.165, 1.54) is 7.11 Å². The van der Waals surface area contributed by atoms with Crippen molar-refractivity contribution in [2.75, 3.05) is 13.7 Å². The van der Waals surface area contributed by atoms with Crippen molar-refractivity contribution in [3.05, 3.63) is 60.9 Å². The topological polar surface area (TPSA) is 93.1 Å². The smallest absolute Gasteiger partial charge is 0.341 e. The fourth-order valence-corrected chi connectivity index (χ4v) is 4.59. The lowest BCUT2D eigenvalue weighted by atomic mass is 10.1. The van der Waals surface area contributed by atoms with Gasteiger partial charge in [-0.3, -0.25) is 14.5 Å². The fourth-order valence-electron chi connectivity index (χ4n) is 2.71. The zero-order chi connectivity index (χ0) is 22.7. The van der Waals surface area contributed by atoms with Crippen molar-refractivity contribution in [3.63, 3.8) is 0 Å². The first-order valence-corrected chi connectivity index (χ1v) is 11.0. The molecule has 0 atom stereocenters. The largest absolute Gasteiger partial charge is 0.493 e. The summed E-state index contributed by atoms with van der Waals surface area (Å²) in [5, 5.41) is 9.20. The van der Waals surface area contributed by atoms with E-state index in [0.29, 0.717) is 25.6 Å². The van der Waals surface area contributed by atoms with Crippen molar-refractivity contribution >= 4 is 74.1 Å². The van der Waals surface area contributed by atoms with Gasteiger partial charge in [-0.15, -0.1) is 0 Å². The Morgan fingerprint density at radius 3 is 2.65 bits per heavy atom. The average molecular weight is 547 g/mol. The summed E-state index contributed by atoms with van der Waals surface area (Å²) in [6.45, 7) is -0.520. The van der Waals surface area contributed by atoms with E-state index < -0.39 is 23.7 Å². The van der Waals surface area contributed by atoms with Crippen LogP contribution >= 0.6 is 50.9 Å². The third-order valence-corrected chi connectivity index (χ3v) is 6.19. The average Bonchev–Trinajstić information content (AvgIpc) is 2.95. The number of aliphatic carboxylic acids is 1. The van der Waals surface area contributed by atoms with Crippen LogP contribution in [0.1, 0.15) is 11.1 Å². The molecule has 0 radical (unpaired) electrons. The Morgan fingerprint density at radius 1 is 1.26 bits per heavy atom. The summed E-state index contributed by atoms with van der Waals surface area (Å²) in [6.07, 6.45) is 1.54. The van der Waals surface area contributed by atoms with Gasteiger partial charge in [0, 0.05) is 10.0 Å². The Balaban J connectivity index is 1.85. The minimum absolute atomic E-state index is 0.0208. The zero-order valence-electron chi connectivity index (χ0n) is 15.9. The Labute approximate surface area is 200 Å². The molecule has 1 fully saturated rings. The number of thioether (sulfide) groups is 1.